The van der Waals surface area contributed by atoms with Gasteiger partial charge in [0, 0.05) is 16.9 Å². The maximum atomic E-state index is 12.3. The second-order valence-electron chi connectivity index (χ2n) is 5.68. The van der Waals surface area contributed by atoms with Gasteiger partial charge in [0.2, 0.25) is 11.8 Å². The third kappa shape index (κ3) is 4.27. The number of benzene rings is 2. The lowest BCUT2D eigenvalue weighted by atomic mass is 10.2. The SMILES string of the molecule is Cc1oc(-c2ccccc2)nc1CC(=O)Nc1cccc(NC(N)=O)c1. The van der Waals surface area contributed by atoms with Crippen LogP contribution in [0, 0.1) is 6.92 Å². The summed E-state index contributed by atoms with van der Waals surface area (Å²) in [5.74, 6) is 0.846. The summed E-state index contributed by atoms with van der Waals surface area (Å²) in [6, 6.07) is 15.5. The van der Waals surface area contributed by atoms with E-state index in [0.29, 0.717) is 28.7 Å². The number of amides is 3. The van der Waals surface area contributed by atoms with E-state index in [1.165, 1.54) is 0 Å². The van der Waals surface area contributed by atoms with Crippen LogP contribution in [0.25, 0.3) is 11.5 Å². The first-order chi connectivity index (χ1) is 12.5. The first-order valence-electron chi connectivity index (χ1n) is 7.99. The quantitative estimate of drug-likeness (QED) is 0.655. The molecular weight excluding hydrogens is 332 g/mol. The fourth-order valence-electron chi connectivity index (χ4n) is 2.47. The zero-order valence-electron chi connectivity index (χ0n) is 14.2. The summed E-state index contributed by atoms with van der Waals surface area (Å²) in [5, 5.41) is 5.23. The molecule has 0 unspecified atom stereocenters. The van der Waals surface area contributed by atoms with E-state index in [0.717, 1.165) is 5.56 Å². The Balaban J connectivity index is 1.69. The van der Waals surface area contributed by atoms with Gasteiger partial charge in [0.05, 0.1) is 12.1 Å². The molecule has 0 saturated carbocycles. The molecule has 0 aliphatic rings. The monoisotopic (exact) mass is 350 g/mol. The Morgan fingerprint density at radius 1 is 1.04 bits per heavy atom. The maximum Gasteiger partial charge on any atom is 0.316 e. The van der Waals surface area contributed by atoms with Crippen molar-refractivity contribution in [3.63, 3.8) is 0 Å². The summed E-state index contributed by atoms with van der Waals surface area (Å²) in [5.41, 5.74) is 7.57. The van der Waals surface area contributed by atoms with Gasteiger partial charge >= 0.3 is 6.03 Å². The van der Waals surface area contributed by atoms with Crippen LogP contribution in [0.1, 0.15) is 11.5 Å². The third-order valence-electron chi connectivity index (χ3n) is 3.66. The van der Waals surface area contributed by atoms with Crippen molar-refractivity contribution in [2.24, 2.45) is 5.73 Å². The average Bonchev–Trinajstić information content (AvgIpc) is 2.96. The normalized spacial score (nSPS) is 10.3. The van der Waals surface area contributed by atoms with E-state index in [2.05, 4.69) is 15.6 Å². The van der Waals surface area contributed by atoms with Gasteiger partial charge in [-0.3, -0.25) is 4.79 Å². The number of oxazole rings is 1. The number of hydrogen-bond donors (Lipinski definition) is 3. The smallest absolute Gasteiger partial charge is 0.316 e. The second kappa shape index (κ2) is 7.52. The number of carbonyl (C=O) groups is 2. The minimum Gasteiger partial charge on any atom is -0.441 e. The van der Waals surface area contributed by atoms with Crippen molar-refractivity contribution < 1.29 is 14.0 Å². The summed E-state index contributed by atoms with van der Waals surface area (Å²) in [6.07, 6.45) is 0.0790. The Morgan fingerprint density at radius 3 is 2.42 bits per heavy atom. The lowest BCUT2D eigenvalue weighted by Crippen LogP contribution is -2.19. The molecule has 26 heavy (non-hydrogen) atoms. The van der Waals surface area contributed by atoms with Crippen LogP contribution in [-0.4, -0.2) is 16.9 Å². The van der Waals surface area contributed by atoms with Crippen molar-refractivity contribution in [3.05, 3.63) is 66.1 Å². The number of primary amides is 1. The van der Waals surface area contributed by atoms with Gasteiger partial charge in [0.1, 0.15) is 5.76 Å². The fourth-order valence-corrected chi connectivity index (χ4v) is 2.47. The van der Waals surface area contributed by atoms with Gasteiger partial charge in [0.15, 0.2) is 0 Å². The molecule has 7 nitrogen and oxygen atoms in total. The predicted octanol–water partition coefficient (Wildman–Crippen LogP) is 3.32. The Hall–Kier alpha value is -3.61. The van der Waals surface area contributed by atoms with Gasteiger partial charge in [-0.1, -0.05) is 24.3 Å². The van der Waals surface area contributed by atoms with Crippen LogP contribution >= 0.6 is 0 Å². The van der Waals surface area contributed by atoms with Crippen LogP contribution in [-0.2, 0) is 11.2 Å². The number of nitrogens with zero attached hydrogens (tertiary/aromatic N) is 1. The topological polar surface area (TPSA) is 110 Å². The molecule has 1 aromatic heterocycles. The second-order valence-corrected chi connectivity index (χ2v) is 5.68. The predicted molar refractivity (Wildman–Crippen MR) is 98.7 cm³/mol. The molecule has 1 heterocycles. The number of rotatable bonds is 5. The number of urea groups is 1. The molecule has 4 N–H and O–H groups in total. The molecule has 0 aliphatic heterocycles. The lowest BCUT2D eigenvalue weighted by molar-refractivity contribution is -0.115. The Bertz CT molecular complexity index is 935. The summed E-state index contributed by atoms with van der Waals surface area (Å²) in [7, 11) is 0. The summed E-state index contributed by atoms with van der Waals surface area (Å²) >= 11 is 0. The van der Waals surface area contributed by atoms with Gasteiger partial charge in [-0.15, -0.1) is 0 Å². The molecule has 0 aliphatic carbocycles. The van der Waals surface area contributed by atoms with Gasteiger partial charge < -0.3 is 20.8 Å². The van der Waals surface area contributed by atoms with Crippen molar-refractivity contribution in [2.45, 2.75) is 13.3 Å². The number of hydrogen-bond acceptors (Lipinski definition) is 4. The highest BCUT2D eigenvalue weighted by Gasteiger charge is 2.15. The fraction of sp³-hybridized carbons (Fsp3) is 0.105. The molecule has 0 saturated heterocycles. The van der Waals surface area contributed by atoms with Crippen LogP contribution in [0.2, 0.25) is 0 Å². The molecule has 7 heteroatoms. The number of nitrogens with one attached hydrogen (secondary N) is 2. The molecule has 132 valence electrons. The first kappa shape index (κ1) is 17.2. The van der Waals surface area contributed by atoms with E-state index in [-0.39, 0.29) is 12.3 Å². The first-order valence-corrected chi connectivity index (χ1v) is 7.99. The van der Waals surface area contributed by atoms with Crippen LogP contribution < -0.4 is 16.4 Å². The lowest BCUT2D eigenvalue weighted by Gasteiger charge is -2.07. The highest BCUT2D eigenvalue weighted by molar-refractivity contribution is 5.94. The average molecular weight is 350 g/mol. The van der Waals surface area contributed by atoms with E-state index in [4.69, 9.17) is 10.2 Å². The molecule has 0 bridgehead atoms. The molecule has 0 spiro atoms. The van der Waals surface area contributed by atoms with Crippen molar-refractivity contribution in [1.82, 2.24) is 4.98 Å². The summed E-state index contributed by atoms with van der Waals surface area (Å²) < 4.78 is 5.66. The minimum atomic E-state index is -0.667. The molecule has 3 amide bonds. The Labute approximate surface area is 150 Å². The van der Waals surface area contributed by atoms with Crippen molar-refractivity contribution in [3.8, 4) is 11.5 Å². The highest BCUT2D eigenvalue weighted by atomic mass is 16.4. The Kier molecular flexibility index (Phi) is 4.98. The molecule has 0 fully saturated rings. The number of aromatic nitrogens is 1. The Morgan fingerprint density at radius 2 is 1.73 bits per heavy atom. The van der Waals surface area contributed by atoms with Crippen LogP contribution in [0.15, 0.2) is 59.0 Å². The van der Waals surface area contributed by atoms with Crippen molar-refractivity contribution in [2.75, 3.05) is 10.6 Å². The molecule has 0 atom stereocenters. The zero-order chi connectivity index (χ0) is 18.5. The van der Waals surface area contributed by atoms with E-state index in [1.807, 2.05) is 30.3 Å². The maximum absolute atomic E-state index is 12.3. The van der Waals surface area contributed by atoms with Crippen molar-refractivity contribution >= 4 is 23.3 Å². The van der Waals surface area contributed by atoms with Crippen molar-refractivity contribution in [1.29, 1.82) is 0 Å². The molecule has 0 radical (unpaired) electrons. The zero-order valence-corrected chi connectivity index (χ0v) is 14.2. The van der Waals surface area contributed by atoms with Crippen LogP contribution in [0.4, 0.5) is 16.2 Å². The molecule has 2 aromatic carbocycles. The molecule has 3 aromatic rings. The van der Waals surface area contributed by atoms with Crippen LogP contribution in [0.3, 0.4) is 0 Å². The van der Waals surface area contributed by atoms with Crippen LogP contribution in [0.5, 0.6) is 0 Å². The van der Waals surface area contributed by atoms with E-state index in [1.54, 1.807) is 31.2 Å². The molecular formula is C19H18N4O3. The van der Waals surface area contributed by atoms with E-state index >= 15 is 0 Å². The summed E-state index contributed by atoms with van der Waals surface area (Å²) in [6.45, 7) is 1.78. The molecule has 3 rings (SSSR count). The summed E-state index contributed by atoms with van der Waals surface area (Å²) in [4.78, 5) is 27.6. The number of carbonyl (C=O) groups excluding carboxylic acids is 2. The standard InChI is InChI=1S/C19H18N4O3/c1-12-16(23-18(26-12)13-6-3-2-4-7-13)11-17(24)21-14-8-5-9-15(10-14)22-19(20)25/h2-10H,11H2,1H3,(H,21,24)(H3,20,22,25). The minimum absolute atomic E-state index is 0.0790. The third-order valence-corrected chi connectivity index (χ3v) is 3.66. The number of anilines is 2. The number of nitrogens with two attached hydrogens (primary N) is 1. The van der Waals surface area contributed by atoms with Gasteiger partial charge in [-0.25, -0.2) is 9.78 Å². The van der Waals surface area contributed by atoms with E-state index < -0.39 is 6.03 Å². The van der Waals surface area contributed by atoms with E-state index in [9.17, 15) is 9.59 Å². The largest absolute Gasteiger partial charge is 0.441 e. The van der Waals surface area contributed by atoms with Gasteiger partial charge in [0.25, 0.3) is 0 Å². The number of aryl methyl sites for hydroxylation is 1. The van der Waals surface area contributed by atoms with Gasteiger partial charge in [-0.2, -0.15) is 0 Å². The highest BCUT2D eigenvalue weighted by Crippen LogP contribution is 2.22. The van der Waals surface area contributed by atoms with Gasteiger partial charge in [-0.05, 0) is 37.3 Å².